The van der Waals surface area contributed by atoms with Crippen LogP contribution in [0.1, 0.15) is 34.4 Å². The molecule has 0 fully saturated rings. The Bertz CT molecular complexity index is 662. The second-order valence-corrected chi connectivity index (χ2v) is 4.91. The minimum absolute atomic E-state index is 0.284. The van der Waals surface area contributed by atoms with Crippen LogP contribution >= 0.6 is 12.2 Å². The van der Waals surface area contributed by atoms with E-state index in [1.807, 2.05) is 26.0 Å². The zero-order valence-electron chi connectivity index (χ0n) is 11.4. The zero-order valence-corrected chi connectivity index (χ0v) is 12.2. The van der Waals surface area contributed by atoms with Gasteiger partial charge in [-0.25, -0.2) is 0 Å². The first kappa shape index (κ1) is 14.3. The predicted molar refractivity (Wildman–Crippen MR) is 83.1 cm³/mol. The number of carbonyl (C=O) groups excluding carboxylic acids is 1. The van der Waals surface area contributed by atoms with Crippen molar-refractivity contribution in [1.29, 1.82) is 0 Å². The summed E-state index contributed by atoms with van der Waals surface area (Å²) in [5.41, 5.74) is 7.92. The number of thiocarbonyl (C=S) groups is 1. The maximum Gasteiger partial charge on any atom is 0.291 e. The lowest BCUT2D eigenvalue weighted by Gasteiger charge is -2.09. The molecule has 1 aromatic carbocycles. The minimum Gasteiger partial charge on any atom is -0.456 e. The number of nitrogens with one attached hydrogen (secondary N) is 1. The van der Waals surface area contributed by atoms with Crippen molar-refractivity contribution in [3.63, 3.8) is 0 Å². The van der Waals surface area contributed by atoms with Gasteiger partial charge in [0.15, 0.2) is 5.76 Å². The SMILES string of the molecule is CCc1ccc(C(=O)Nc2cc(C(N)=S)ccc2C)o1. The normalized spacial score (nSPS) is 10.3. The van der Waals surface area contributed by atoms with Crippen molar-refractivity contribution in [3.05, 3.63) is 53.0 Å². The van der Waals surface area contributed by atoms with Crippen molar-refractivity contribution < 1.29 is 9.21 Å². The van der Waals surface area contributed by atoms with Gasteiger partial charge in [-0.05, 0) is 30.7 Å². The van der Waals surface area contributed by atoms with E-state index >= 15 is 0 Å². The van der Waals surface area contributed by atoms with Gasteiger partial charge < -0.3 is 15.5 Å². The number of hydrogen-bond acceptors (Lipinski definition) is 3. The summed E-state index contributed by atoms with van der Waals surface area (Å²) in [6, 6.07) is 8.92. The number of carbonyl (C=O) groups is 1. The second-order valence-electron chi connectivity index (χ2n) is 4.47. The molecule has 0 saturated heterocycles. The average molecular weight is 288 g/mol. The van der Waals surface area contributed by atoms with Gasteiger partial charge in [0.25, 0.3) is 5.91 Å². The molecule has 2 aromatic rings. The van der Waals surface area contributed by atoms with E-state index in [4.69, 9.17) is 22.4 Å². The van der Waals surface area contributed by atoms with Gasteiger partial charge in [-0.1, -0.05) is 31.3 Å². The molecule has 1 heterocycles. The molecule has 1 aromatic heterocycles. The molecule has 0 radical (unpaired) electrons. The summed E-state index contributed by atoms with van der Waals surface area (Å²) in [4.78, 5) is 12.4. The first-order valence-electron chi connectivity index (χ1n) is 6.31. The van der Waals surface area contributed by atoms with Gasteiger partial charge in [0.1, 0.15) is 10.7 Å². The Morgan fingerprint density at radius 2 is 2.10 bits per heavy atom. The third kappa shape index (κ3) is 3.05. The molecule has 0 bridgehead atoms. The lowest BCUT2D eigenvalue weighted by Crippen LogP contribution is -2.14. The third-order valence-electron chi connectivity index (χ3n) is 3.00. The number of nitrogens with two attached hydrogens (primary N) is 1. The topological polar surface area (TPSA) is 68.3 Å². The van der Waals surface area contributed by atoms with E-state index in [9.17, 15) is 4.79 Å². The fourth-order valence-corrected chi connectivity index (χ4v) is 1.91. The fraction of sp³-hybridized carbons (Fsp3) is 0.200. The molecule has 0 atom stereocenters. The predicted octanol–water partition coefficient (Wildman–Crippen LogP) is 3.04. The lowest BCUT2D eigenvalue weighted by atomic mass is 10.1. The summed E-state index contributed by atoms with van der Waals surface area (Å²) in [6.45, 7) is 3.87. The number of amides is 1. The van der Waals surface area contributed by atoms with E-state index < -0.39 is 0 Å². The summed E-state index contributed by atoms with van der Waals surface area (Å²) >= 11 is 4.94. The summed E-state index contributed by atoms with van der Waals surface area (Å²) in [7, 11) is 0. The van der Waals surface area contributed by atoms with Crippen LogP contribution in [-0.2, 0) is 6.42 Å². The fourth-order valence-electron chi connectivity index (χ4n) is 1.78. The summed E-state index contributed by atoms with van der Waals surface area (Å²) in [5.74, 6) is 0.790. The molecule has 0 saturated carbocycles. The molecule has 104 valence electrons. The number of benzene rings is 1. The maximum atomic E-state index is 12.1. The molecule has 0 aliphatic rings. The Kier molecular flexibility index (Phi) is 4.20. The third-order valence-corrected chi connectivity index (χ3v) is 3.24. The number of aryl methyl sites for hydroxylation is 2. The van der Waals surface area contributed by atoms with E-state index in [-0.39, 0.29) is 5.91 Å². The smallest absolute Gasteiger partial charge is 0.291 e. The van der Waals surface area contributed by atoms with E-state index in [1.165, 1.54) is 0 Å². The zero-order chi connectivity index (χ0) is 14.7. The molecular formula is C15H16N2O2S. The molecule has 2 rings (SSSR count). The highest BCUT2D eigenvalue weighted by molar-refractivity contribution is 7.80. The average Bonchev–Trinajstić information content (AvgIpc) is 2.89. The molecular weight excluding hydrogens is 272 g/mol. The molecule has 3 N–H and O–H groups in total. The molecule has 5 heteroatoms. The number of rotatable bonds is 4. The summed E-state index contributed by atoms with van der Waals surface area (Å²) in [6.07, 6.45) is 0.753. The highest BCUT2D eigenvalue weighted by Gasteiger charge is 2.12. The standard InChI is InChI=1S/C15H16N2O2S/c1-3-11-6-7-13(19-11)15(18)17-12-8-10(14(16)20)5-4-9(12)2/h4-8H,3H2,1-2H3,(H2,16,20)(H,17,18). The first-order valence-corrected chi connectivity index (χ1v) is 6.72. The van der Waals surface area contributed by atoms with Crippen LogP contribution in [0.15, 0.2) is 34.7 Å². The lowest BCUT2D eigenvalue weighted by molar-refractivity contribution is 0.0995. The van der Waals surface area contributed by atoms with Gasteiger partial charge >= 0.3 is 0 Å². The summed E-state index contributed by atoms with van der Waals surface area (Å²) in [5, 5.41) is 2.81. The van der Waals surface area contributed by atoms with Gasteiger partial charge in [-0.15, -0.1) is 0 Å². The van der Waals surface area contributed by atoms with Gasteiger partial charge in [0.05, 0.1) is 0 Å². The van der Waals surface area contributed by atoms with E-state index in [0.29, 0.717) is 16.4 Å². The first-order chi connectivity index (χ1) is 9.51. The Hall–Kier alpha value is -2.14. The Morgan fingerprint density at radius 1 is 1.35 bits per heavy atom. The van der Waals surface area contributed by atoms with Crippen molar-refractivity contribution in [2.24, 2.45) is 5.73 Å². The molecule has 0 unspecified atom stereocenters. The molecule has 0 aliphatic carbocycles. The summed E-state index contributed by atoms with van der Waals surface area (Å²) < 4.78 is 5.42. The Balaban J connectivity index is 2.22. The molecule has 4 nitrogen and oxygen atoms in total. The number of hydrogen-bond donors (Lipinski definition) is 2. The van der Waals surface area contributed by atoms with Gasteiger partial charge in [0.2, 0.25) is 0 Å². The molecule has 0 aliphatic heterocycles. The monoisotopic (exact) mass is 288 g/mol. The van der Waals surface area contributed by atoms with Crippen molar-refractivity contribution >= 4 is 28.8 Å². The minimum atomic E-state index is -0.284. The molecule has 20 heavy (non-hydrogen) atoms. The largest absolute Gasteiger partial charge is 0.456 e. The highest BCUT2D eigenvalue weighted by atomic mass is 32.1. The highest BCUT2D eigenvalue weighted by Crippen LogP contribution is 2.19. The van der Waals surface area contributed by atoms with Crippen molar-refractivity contribution in [2.75, 3.05) is 5.32 Å². The van der Waals surface area contributed by atoms with Crippen LogP contribution in [0.25, 0.3) is 0 Å². The van der Waals surface area contributed by atoms with Crippen LogP contribution in [0.5, 0.6) is 0 Å². The van der Waals surface area contributed by atoms with Crippen LogP contribution in [0.2, 0.25) is 0 Å². The van der Waals surface area contributed by atoms with Crippen LogP contribution in [0, 0.1) is 6.92 Å². The number of furan rings is 1. The van der Waals surface area contributed by atoms with Gasteiger partial charge in [0, 0.05) is 17.7 Å². The van der Waals surface area contributed by atoms with Gasteiger partial charge in [-0.2, -0.15) is 0 Å². The maximum absolute atomic E-state index is 12.1. The second kappa shape index (κ2) is 5.88. The van der Waals surface area contributed by atoms with E-state index in [1.54, 1.807) is 18.2 Å². The quantitative estimate of drug-likeness (QED) is 0.849. The van der Waals surface area contributed by atoms with Crippen molar-refractivity contribution in [1.82, 2.24) is 0 Å². The van der Waals surface area contributed by atoms with Crippen LogP contribution in [0.4, 0.5) is 5.69 Å². The van der Waals surface area contributed by atoms with E-state index in [0.717, 1.165) is 23.3 Å². The molecule has 1 amide bonds. The Labute approximate surface area is 123 Å². The van der Waals surface area contributed by atoms with Crippen molar-refractivity contribution in [3.8, 4) is 0 Å². The Morgan fingerprint density at radius 3 is 2.70 bits per heavy atom. The van der Waals surface area contributed by atoms with Crippen molar-refractivity contribution in [2.45, 2.75) is 20.3 Å². The van der Waals surface area contributed by atoms with E-state index in [2.05, 4.69) is 5.32 Å². The molecule has 0 spiro atoms. The van der Waals surface area contributed by atoms with Crippen LogP contribution in [-0.4, -0.2) is 10.9 Å². The van der Waals surface area contributed by atoms with Crippen LogP contribution in [0.3, 0.4) is 0 Å². The number of anilines is 1. The van der Waals surface area contributed by atoms with Crippen LogP contribution < -0.4 is 11.1 Å². The van der Waals surface area contributed by atoms with Gasteiger partial charge in [-0.3, -0.25) is 4.79 Å².